The van der Waals surface area contributed by atoms with Crippen molar-refractivity contribution in [2.45, 2.75) is 25.8 Å². The molecule has 1 aliphatic heterocycles. The Morgan fingerprint density at radius 3 is 2.93 bits per heavy atom. The number of hydrogen-bond acceptors (Lipinski definition) is 4. The molecule has 7 nitrogen and oxygen atoms in total. The van der Waals surface area contributed by atoms with Gasteiger partial charge in [0, 0.05) is 30.4 Å². The van der Waals surface area contributed by atoms with Crippen molar-refractivity contribution in [3.05, 3.63) is 58.5 Å². The predicted octanol–water partition coefficient (Wildman–Crippen LogP) is 1.90. The summed E-state index contributed by atoms with van der Waals surface area (Å²) in [7, 11) is 0. The number of amides is 1. The molecule has 4 rings (SSSR count). The first-order chi connectivity index (χ1) is 13.2. The summed E-state index contributed by atoms with van der Waals surface area (Å²) in [6.45, 7) is 4.82. The zero-order chi connectivity index (χ0) is 18.8. The van der Waals surface area contributed by atoms with E-state index in [9.17, 15) is 9.59 Å². The number of carbonyl (C=O) groups is 1. The monoisotopic (exact) mass is 365 g/mol. The molecule has 0 aliphatic carbocycles. The lowest BCUT2D eigenvalue weighted by molar-refractivity contribution is 0.0943. The van der Waals surface area contributed by atoms with E-state index in [1.807, 2.05) is 30.3 Å². The van der Waals surface area contributed by atoms with Crippen LogP contribution in [0.1, 0.15) is 30.1 Å². The molecule has 7 heteroatoms. The summed E-state index contributed by atoms with van der Waals surface area (Å²) < 4.78 is 1.30. The van der Waals surface area contributed by atoms with Crippen molar-refractivity contribution in [2.24, 2.45) is 0 Å². The van der Waals surface area contributed by atoms with Crippen LogP contribution in [0.3, 0.4) is 0 Å². The van der Waals surface area contributed by atoms with Gasteiger partial charge in [-0.05, 0) is 25.9 Å². The van der Waals surface area contributed by atoms with Gasteiger partial charge in [-0.3, -0.25) is 19.6 Å². The Morgan fingerprint density at radius 2 is 2.15 bits per heavy atom. The first-order valence-corrected chi connectivity index (χ1v) is 9.36. The van der Waals surface area contributed by atoms with Gasteiger partial charge < -0.3 is 5.32 Å². The molecule has 2 N–H and O–H groups in total. The molecule has 0 saturated carbocycles. The number of H-pyrrole nitrogens is 1. The molecule has 1 fully saturated rings. The second-order valence-corrected chi connectivity index (χ2v) is 6.83. The fourth-order valence-electron chi connectivity index (χ4n) is 3.75. The number of nitrogens with zero attached hydrogens (tertiary/aromatic N) is 3. The summed E-state index contributed by atoms with van der Waals surface area (Å²) in [6.07, 6.45) is 3.80. The second-order valence-electron chi connectivity index (χ2n) is 6.83. The van der Waals surface area contributed by atoms with Gasteiger partial charge in [0.1, 0.15) is 5.56 Å². The van der Waals surface area contributed by atoms with Crippen molar-refractivity contribution >= 4 is 11.6 Å². The van der Waals surface area contributed by atoms with E-state index in [2.05, 4.69) is 27.2 Å². The van der Waals surface area contributed by atoms with Crippen molar-refractivity contribution in [3.8, 4) is 11.3 Å². The number of likely N-dealkylation sites (tertiary alicyclic amines) is 1. The van der Waals surface area contributed by atoms with Gasteiger partial charge in [0.2, 0.25) is 0 Å². The molecule has 1 aliphatic rings. The minimum atomic E-state index is -0.245. The Balaban J connectivity index is 1.61. The average Bonchev–Trinajstić information content (AvgIpc) is 3.33. The number of nitrogens with one attached hydrogen (secondary N) is 2. The highest BCUT2D eigenvalue weighted by Gasteiger charge is 2.24. The van der Waals surface area contributed by atoms with Gasteiger partial charge in [-0.2, -0.15) is 0 Å². The summed E-state index contributed by atoms with van der Waals surface area (Å²) in [5.74, 6) is -0.214. The highest BCUT2D eigenvalue weighted by atomic mass is 16.2. The van der Waals surface area contributed by atoms with Crippen LogP contribution in [0.2, 0.25) is 0 Å². The lowest BCUT2D eigenvalue weighted by Gasteiger charge is -2.22. The second kappa shape index (κ2) is 7.36. The van der Waals surface area contributed by atoms with Crippen LogP contribution in [0.25, 0.3) is 16.9 Å². The Hall–Kier alpha value is -2.93. The smallest absolute Gasteiger partial charge is 0.273 e. The lowest BCUT2D eigenvalue weighted by atomic mass is 10.1. The molecular formula is C20H23N5O2. The predicted molar refractivity (Wildman–Crippen MR) is 104 cm³/mol. The van der Waals surface area contributed by atoms with E-state index in [1.165, 1.54) is 17.0 Å². The van der Waals surface area contributed by atoms with Crippen molar-refractivity contribution in [2.75, 3.05) is 19.6 Å². The Labute approximate surface area is 157 Å². The third-order valence-electron chi connectivity index (χ3n) is 5.22. The maximum Gasteiger partial charge on any atom is 0.273 e. The molecule has 2 aromatic heterocycles. The van der Waals surface area contributed by atoms with Crippen LogP contribution >= 0.6 is 0 Å². The first-order valence-electron chi connectivity index (χ1n) is 9.36. The average molecular weight is 365 g/mol. The maximum absolute atomic E-state index is 12.7. The summed E-state index contributed by atoms with van der Waals surface area (Å²) in [4.78, 5) is 32.1. The van der Waals surface area contributed by atoms with Crippen LogP contribution in [0.4, 0.5) is 0 Å². The Bertz CT molecular complexity index is 1010. The van der Waals surface area contributed by atoms with E-state index in [-0.39, 0.29) is 11.5 Å². The minimum Gasteiger partial charge on any atom is -0.350 e. The van der Waals surface area contributed by atoms with E-state index in [4.69, 9.17) is 0 Å². The zero-order valence-corrected chi connectivity index (χ0v) is 15.3. The molecule has 1 amide bonds. The molecule has 0 radical (unpaired) electrons. The highest BCUT2D eigenvalue weighted by Crippen LogP contribution is 2.18. The quantitative estimate of drug-likeness (QED) is 0.724. The number of aromatic nitrogens is 3. The van der Waals surface area contributed by atoms with Crippen LogP contribution in [0.15, 0.2) is 47.4 Å². The molecule has 140 valence electrons. The summed E-state index contributed by atoms with van der Waals surface area (Å²) in [6, 6.07) is 11.3. The molecule has 3 heterocycles. The maximum atomic E-state index is 12.7. The Morgan fingerprint density at radius 1 is 1.33 bits per heavy atom. The van der Waals surface area contributed by atoms with Gasteiger partial charge >= 0.3 is 0 Å². The highest BCUT2D eigenvalue weighted by molar-refractivity contribution is 5.99. The van der Waals surface area contributed by atoms with Gasteiger partial charge in [-0.1, -0.05) is 37.3 Å². The number of carbonyl (C=O) groups excluding carboxylic acids is 1. The van der Waals surface area contributed by atoms with Crippen molar-refractivity contribution in [1.29, 1.82) is 0 Å². The van der Waals surface area contributed by atoms with Gasteiger partial charge in [0.15, 0.2) is 5.65 Å². The SMILES string of the molecule is CCN1CCCC1CNC(=O)c1c[nH]n2c(=O)cc(-c3ccccc3)nc12. The van der Waals surface area contributed by atoms with Crippen LogP contribution in [-0.2, 0) is 0 Å². The number of likely N-dealkylation sites (N-methyl/N-ethyl adjacent to an activating group) is 1. The van der Waals surface area contributed by atoms with Gasteiger partial charge in [0.25, 0.3) is 11.5 Å². The van der Waals surface area contributed by atoms with Crippen LogP contribution in [0, 0.1) is 0 Å². The minimum absolute atomic E-state index is 0.214. The van der Waals surface area contributed by atoms with Crippen LogP contribution in [0.5, 0.6) is 0 Å². The van der Waals surface area contributed by atoms with Crippen LogP contribution < -0.4 is 10.9 Å². The molecule has 0 bridgehead atoms. The lowest BCUT2D eigenvalue weighted by Crippen LogP contribution is -2.40. The fourth-order valence-corrected chi connectivity index (χ4v) is 3.75. The summed E-state index contributed by atoms with van der Waals surface area (Å²) in [5.41, 5.74) is 1.88. The molecule has 1 atom stereocenters. The summed E-state index contributed by atoms with van der Waals surface area (Å²) >= 11 is 0. The number of aromatic amines is 1. The normalized spacial score (nSPS) is 17.4. The van der Waals surface area contributed by atoms with E-state index < -0.39 is 0 Å². The van der Waals surface area contributed by atoms with E-state index in [1.54, 1.807) is 6.20 Å². The van der Waals surface area contributed by atoms with Crippen molar-refractivity contribution in [1.82, 2.24) is 24.8 Å². The fraction of sp³-hybridized carbons (Fsp3) is 0.350. The molecule has 1 unspecified atom stereocenters. The first kappa shape index (κ1) is 17.5. The molecule has 27 heavy (non-hydrogen) atoms. The van der Waals surface area contributed by atoms with E-state index in [0.29, 0.717) is 29.5 Å². The number of hydrogen-bond donors (Lipinski definition) is 2. The third-order valence-corrected chi connectivity index (χ3v) is 5.22. The topological polar surface area (TPSA) is 82.5 Å². The zero-order valence-electron chi connectivity index (χ0n) is 15.3. The summed E-state index contributed by atoms with van der Waals surface area (Å²) in [5, 5.41) is 5.84. The van der Waals surface area contributed by atoms with Gasteiger partial charge in [-0.25, -0.2) is 9.50 Å². The van der Waals surface area contributed by atoms with E-state index in [0.717, 1.165) is 25.1 Å². The standard InChI is InChI=1S/C20H23N5O2/c1-2-24-10-6-9-15(24)12-21-20(27)16-13-22-25-18(26)11-17(23-19(16)25)14-7-4-3-5-8-14/h3-5,7-8,11,13,15,22H,2,6,9-10,12H2,1H3,(H,21,27). The number of fused-ring (bicyclic) bond motifs is 1. The molecule has 3 aromatic rings. The molecule has 1 aromatic carbocycles. The van der Waals surface area contributed by atoms with Gasteiger partial charge in [-0.15, -0.1) is 0 Å². The third kappa shape index (κ3) is 3.38. The van der Waals surface area contributed by atoms with Crippen molar-refractivity contribution < 1.29 is 4.79 Å². The Kier molecular flexibility index (Phi) is 4.77. The van der Waals surface area contributed by atoms with Crippen molar-refractivity contribution in [3.63, 3.8) is 0 Å². The van der Waals surface area contributed by atoms with E-state index >= 15 is 0 Å². The molecule has 0 spiro atoms. The molecule has 1 saturated heterocycles. The number of benzene rings is 1. The van der Waals surface area contributed by atoms with Crippen LogP contribution in [-0.4, -0.2) is 51.1 Å². The largest absolute Gasteiger partial charge is 0.350 e. The number of rotatable bonds is 5. The van der Waals surface area contributed by atoms with Gasteiger partial charge in [0.05, 0.1) is 5.69 Å². The molecular weight excluding hydrogens is 342 g/mol.